The molecule has 0 aromatic carbocycles. The Bertz CT molecular complexity index is 275. The molecule has 0 aliphatic heterocycles. The number of nitrogens with one attached hydrogen (secondary N) is 1. The number of imidazole rings is 1. The Morgan fingerprint density at radius 1 is 1.56 bits per heavy atom. The fraction of sp³-hybridized carbons (Fsp3) is 0.727. The van der Waals surface area contributed by atoms with E-state index in [1.54, 1.807) is 7.11 Å². The maximum Gasteiger partial charge on any atom is 0.283 e. The van der Waals surface area contributed by atoms with Gasteiger partial charge in [0, 0.05) is 7.11 Å². The maximum atomic E-state index is 5.43. The van der Waals surface area contributed by atoms with Crippen molar-refractivity contribution in [3.05, 3.63) is 18.2 Å². The second kappa shape index (κ2) is 8.61. The van der Waals surface area contributed by atoms with Crippen LogP contribution in [0.1, 0.15) is 31.7 Å². The molecule has 0 radical (unpaired) electrons. The zero-order valence-corrected chi connectivity index (χ0v) is 11.1. The summed E-state index contributed by atoms with van der Waals surface area (Å²) in [5, 5.41) is 0. The highest BCUT2D eigenvalue weighted by molar-refractivity contribution is 7.98. The van der Waals surface area contributed by atoms with Gasteiger partial charge in [0.2, 0.25) is 0 Å². The fourth-order valence-electron chi connectivity index (χ4n) is 1.70. The van der Waals surface area contributed by atoms with Gasteiger partial charge >= 0.3 is 0 Å². The highest BCUT2D eigenvalue weighted by Crippen LogP contribution is 2.14. The van der Waals surface area contributed by atoms with Crippen LogP contribution in [-0.4, -0.2) is 29.6 Å². The third-order valence-corrected chi connectivity index (χ3v) is 3.20. The zero-order chi connectivity index (χ0) is 11.1. The first-order valence-electron chi connectivity index (χ1n) is 5.41. The van der Waals surface area contributed by atoms with Crippen molar-refractivity contribution < 1.29 is 14.8 Å². The molecule has 0 aliphatic rings. The monoisotopic (exact) mass is 246 g/mol. The van der Waals surface area contributed by atoms with Gasteiger partial charge in [-0.15, -0.1) is 0 Å². The van der Waals surface area contributed by atoms with Gasteiger partial charge in [0.05, 0.1) is 6.54 Å². The summed E-state index contributed by atoms with van der Waals surface area (Å²) in [5.41, 5.74) is 0. The molecule has 0 bridgehead atoms. The molecule has 1 atom stereocenters. The van der Waals surface area contributed by atoms with Gasteiger partial charge in [-0.1, -0.05) is 6.92 Å². The van der Waals surface area contributed by atoms with Crippen LogP contribution in [0, 0.1) is 0 Å². The second-order valence-corrected chi connectivity index (χ2v) is 4.50. The third kappa shape index (κ3) is 4.15. The Morgan fingerprint density at radius 2 is 2.31 bits per heavy atom. The van der Waals surface area contributed by atoms with Crippen LogP contribution in [0.2, 0.25) is 0 Å². The largest absolute Gasteiger partial charge is 0.870 e. The highest BCUT2D eigenvalue weighted by Gasteiger charge is 2.20. The van der Waals surface area contributed by atoms with Crippen LogP contribution < -0.4 is 4.57 Å². The van der Waals surface area contributed by atoms with Crippen LogP contribution in [0.15, 0.2) is 12.4 Å². The van der Waals surface area contributed by atoms with Crippen LogP contribution >= 0.6 is 11.8 Å². The Labute approximate surface area is 102 Å². The number of aromatic nitrogens is 2. The van der Waals surface area contributed by atoms with E-state index >= 15 is 0 Å². The van der Waals surface area contributed by atoms with Crippen molar-refractivity contribution in [1.82, 2.24) is 4.98 Å². The molecule has 16 heavy (non-hydrogen) atoms. The van der Waals surface area contributed by atoms with E-state index in [-0.39, 0.29) is 11.6 Å². The molecule has 0 saturated heterocycles. The quantitative estimate of drug-likeness (QED) is 0.591. The molecular weight excluding hydrogens is 224 g/mol. The van der Waals surface area contributed by atoms with Crippen LogP contribution in [0.5, 0.6) is 0 Å². The fourth-order valence-corrected chi connectivity index (χ4v) is 2.12. The zero-order valence-electron chi connectivity index (χ0n) is 10.3. The summed E-state index contributed by atoms with van der Waals surface area (Å²) in [7, 11) is 1.77. The van der Waals surface area contributed by atoms with Crippen molar-refractivity contribution >= 4 is 11.8 Å². The molecule has 1 unspecified atom stereocenters. The smallest absolute Gasteiger partial charge is 0.283 e. The number of aromatic amines is 1. The van der Waals surface area contributed by atoms with Crippen LogP contribution in [0.25, 0.3) is 0 Å². The van der Waals surface area contributed by atoms with Crippen molar-refractivity contribution in [2.75, 3.05) is 19.1 Å². The number of aryl methyl sites for hydroxylation is 1. The Kier molecular flexibility index (Phi) is 8.33. The molecule has 1 rings (SSSR count). The van der Waals surface area contributed by atoms with Crippen LogP contribution in [0.3, 0.4) is 0 Å². The molecule has 5 heteroatoms. The molecule has 1 aromatic heterocycles. The number of thioether (sulfide) groups is 1. The van der Waals surface area contributed by atoms with E-state index in [1.807, 2.05) is 18.0 Å². The Balaban J connectivity index is 0.00000225. The van der Waals surface area contributed by atoms with Crippen LogP contribution in [0.4, 0.5) is 0 Å². The number of hydrogen-bond acceptors (Lipinski definition) is 3. The maximum absolute atomic E-state index is 5.43. The average molecular weight is 246 g/mol. The third-order valence-electron chi connectivity index (χ3n) is 2.50. The SMILES string of the molecule is CCC(OC)c1[nH]cc[n+]1CCCSC.[OH-]. The first-order valence-corrected chi connectivity index (χ1v) is 6.81. The van der Waals surface area contributed by atoms with Crippen molar-refractivity contribution in [3.63, 3.8) is 0 Å². The van der Waals surface area contributed by atoms with Gasteiger partial charge in [0.15, 0.2) is 6.10 Å². The number of methoxy groups -OCH3 is 1. The van der Waals surface area contributed by atoms with E-state index in [2.05, 4.69) is 28.9 Å². The lowest BCUT2D eigenvalue weighted by Crippen LogP contribution is -2.38. The van der Waals surface area contributed by atoms with Gasteiger partial charge in [-0.2, -0.15) is 11.8 Å². The molecule has 4 nitrogen and oxygen atoms in total. The number of nitrogens with zero attached hydrogens (tertiary/aromatic N) is 1. The summed E-state index contributed by atoms with van der Waals surface area (Å²) in [4.78, 5) is 3.27. The van der Waals surface area contributed by atoms with E-state index in [0.29, 0.717) is 0 Å². The summed E-state index contributed by atoms with van der Waals surface area (Å²) >= 11 is 1.89. The van der Waals surface area contributed by atoms with E-state index in [1.165, 1.54) is 18.0 Å². The Morgan fingerprint density at radius 3 is 2.88 bits per heavy atom. The molecule has 94 valence electrons. The number of ether oxygens (including phenoxy) is 1. The van der Waals surface area contributed by atoms with Crippen molar-refractivity contribution in [2.45, 2.75) is 32.4 Å². The van der Waals surface area contributed by atoms with Gasteiger partial charge in [0.1, 0.15) is 12.4 Å². The van der Waals surface area contributed by atoms with Crippen LogP contribution in [-0.2, 0) is 11.3 Å². The van der Waals surface area contributed by atoms with Gasteiger partial charge in [0.25, 0.3) is 5.82 Å². The van der Waals surface area contributed by atoms with Gasteiger partial charge in [-0.05, 0) is 24.9 Å². The van der Waals surface area contributed by atoms with E-state index in [9.17, 15) is 0 Å². The molecule has 2 N–H and O–H groups in total. The number of hydrogen-bond donors (Lipinski definition) is 1. The number of rotatable bonds is 7. The standard InChI is InChI=1S/C11H20N2OS.H2O/c1-4-10(14-2)11-12-6-8-13(11)7-5-9-15-3;/h6,8,10H,4-5,7,9H2,1-3H3;1H2. The summed E-state index contributed by atoms with van der Waals surface area (Å²) in [6.07, 6.45) is 8.62. The average Bonchev–Trinajstić information content (AvgIpc) is 2.69. The lowest BCUT2D eigenvalue weighted by atomic mass is 10.2. The summed E-state index contributed by atoms with van der Waals surface area (Å²) in [6.45, 7) is 3.21. The van der Waals surface area contributed by atoms with Gasteiger partial charge in [-0.25, -0.2) is 9.55 Å². The summed E-state index contributed by atoms with van der Waals surface area (Å²) < 4.78 is 7.69. The molecule has 0 saturated carbocycles. The van der Waals surface area contributed by atoms with E-state index in [4.69, 9.17) is 4.74 Å². The second-order valence-electron chi connectivity index (χ2n) is 3.52. The molecule has 0 aliphatic carbocycles. The van der Waals surface area contributed by atoms with Gasteiger partial charge < -0.3 is 10.2 Å². The topological polar surface area (TPSA) is 58.9 Å². The number of H-pyrrole nitrogens is 1. The lowest BCUT2D eigenvalue weighted by Gasteiger charge is -2.09. The van der Waals surface area contributed by atoms with Crippen molar-refractivity contribution in [1.29, 1.82) is 0 Å². The predicted octanol–water partition coefficient (Wildman–Crippen LogP) is 1.98. The summed E-state index contributed by atoms with van der Waals surface area (Å²) in [6, 6.07) is 0. The normalized spacial score (nSPS) is 12.2. The molecule has 1 aromatic rings. The first-order chi connectivity index (χ1) is 7.33. The van der Waals surface area contributed by atoms with E-state index < -0.39 is 0 Å². The van der Waals surface area contributed by atoms with E-state index in [0.717, 1.165) is 13.0 Å². The highest BCUT2D eigenvalue weighted by atomic mass is 32.2. The molecule has 1 heterocycles. The minimum Gasteiger partial charge on any atom is -0.870 e. The van der Waals surface area contributed by atoms with Crippen molar-refractivity contribution in [2.24, 2.45) is 0 Å². The first kappa shape index (κ1) is 15.5. The molecule has 0 spiro atoms. The molecule has 0 amide bonds. The minimum atomic E-state index is 0. The molecular formula is C11H22N2O2S. The minimum absolute atomic E-state index is 0. The summed E-state index contributed by atoms with van der Waals surface area (Å²) in [5.74, 6) is 2.39. The van der Waals surface area contributed by atoms with Gasteiger partial charge in [-0.3, -0.25) is 0 Å². The Hall–Kier alpha value is -0.520. The lowest BCUT2D eigenvalue weighted by molar-refractivity contribution is -0.706. The van der Waals surface area contributed by atoms with Crippen molar-refractivity contribution in [3.8, 4) is 0 Å². The molecule has 0 fully saturated rings. The predicted molar refractivity (Wildman–Crippen MR) is 66.0 cm³/mol.